The molecule has 0 atom stereocenters. The summed E-state index contributed by atoms with van der Waals surface area (Å²) in [6, 6.07) is 4.51. The number of hydrogen-bond acceptors (Lipinski definition) is 6. The summed E-state index contributed by atoms with van der Waals surface area (Å²) in [5.41, 5.74) is 0.350. The summed E-state index contributed by atoms with van der Waals surface area (Å²) in [7, 11) is 0. The average Bonchev–Trinajstić information content (AvgIpc) is 3.01. The molecule has 2 aromatic rings. The van der Waals surface area contributed by atoms with Crippen LogP contribution in [0.1, 0.15) is 59.4 Å². The molecular formula is C22H32N6O3. The fourth-order valence-electron chi connectivity index (χ4n) is 4.25. The second-order valence-corrected chi connectivity index (χ2v) is 9.56. The minimum absolute atomic E-state index is 0.0788. The molecule has 0 spiro atoms. The van der Waals surface area contributed by atoms with Crippen LogP contribution in [0.3, 0.4) is 0 Å². The van der Waals surface area contributed by atoms with Crippen LogP contribution < -0.4 is 10.6 Å². The number of pyridine rings is 1. The van der Waals surface area contributed by atoms with Crippen LogP contribution in [0, 0.1) is 0 Å². The van der Waals surface area contributed by atoms with Crippen LogP contribution >= 0.6 is 0 Å². The van der Waals surface area contributed by atoms with Gasteiger partial charge in [-0.3, -0.25) is 4.79 Å². The van der Waals surface area contributed by atoms with Crippen LogP contribution in [0.4, 0.5) is 10.6 Å². The maximum absolute atomic E-state index is 12.0. The number of rotatable bonds is 4. The number of ether oxygens (including phenoxy) is 1. The van der Waals surface area contributed by atoms with Gasteiger partial charge in [-0.05, 0) is 58.6 Å². The molecule has 0 bridgehead atoms. The third-order valence-corrected chi connectivity index (χ3v) is 5.93. The van der Waals surface area contributed by atoms with Gasteiger partial charge in [0.05, 0.1) is 11.4 Å². The fourth-order valence-corrected chi connectivity index (χ4v) is 4.25. The van der Waals surface area contributed by atoms with Crippen molar-refractivity contribution >= 4 is 28.9 Å². The minimum atomic E-state index is -0.503. The quantitative estimate of drug-likeness (QED) is 0.776. The van der Waals surface area contributed by atoms with Crippen LogP contribution in [0.5, 0.6) is 0 Å². The van der Waals surface area contributed by atoms with E-state index in [1.54, 1.807) is 13.1 Å². The van der Waals surface area contributed by atoms with Gasteiger partial charge in [-0.15, -0.1) is 0 Å². The Kier molecular flexibility index (Phi) is 5.77. The molecule has 2 aromatic heterocycles. The van der Waals surface area contributed by atoms with Gasteiger partial charge in [0.25, 0.3) is 0 Å². The van der Waals surface area contributed by atoms with Crippen molar-refractivity contribution in [3.63, 3.8) is 0 Å². The highest BCUT2D eigenvalue weighted by Gasteiger charge is 2.35. The lowest BCUT2D eigenvalue weighted by Gasteiger charge is -2.36. The number of fused-ring (bicyclic) bond motifs is 1. The molecule has 9 nitrogen and oxygen atoms in total. The third-order valence-electron chi connectivity index (χ3n) is 5.93. The number of aromatic nitrogens is 3. The molecule has 0 aromatic carbocycles. The van der Waals surface area contributed by atoms with Crippen LogP contribution in [0.25, 0.3) is 11.0 Å². The van der Waals surface area contributed by atoms with Crippen LogP contribution in [-0.4, -0.2) is 62.4 Å². The monoisotopic (exact) mass is 428 g/mol. The summed E-state index contributed by atoms with van der Waals surface area (Å²) in [5.74, 6) is 0.977. The van der Waals surface area contributed by atoms with E-state index in [4.69, 9.17) is 9.84 Å². The average molecular weight is 429 g/mol. The molecule has 2 N–H and O–H groups in total. The molecule has 2 aliphatic rings. The Morgan fingerprint density at radius 2 is 1.87 bits per heavy atom. The van der Waals surface area contributed by atoms with Crippen LogP contribution in [0.2, 0.25) is 0 Å². The Morgan fingerprint density at radius 1 is 1.16 bits per heavy atom. The molecule has 168 valence electrons. The summed E-state index contributed by atoms with van der Waals surface area (Å²) in [5, 5.41) is 12.4. The number of alkyl carbamates (subject to hydrolysis) is 1. The zero-order valence-electron chi connectivity index (χ0n) is 18.7. The zero-order chi connectivity index (χ0) is 22.2. The summed E-state index contributed by atoms with van der Waals surface area (Å²) in [6.45, 7) is 8.73. The van der Waals surface area contributed by atoms with Crippen molar-refractivity contribution in [2.24, 2.45) is 0 Å². The maximum atomic E-state index is 12.0. The smallest absolute Gasteiger partial charge is 0.407 e. The van der Waals surface area contributed by atoms with Crippen molar-refractivity contribution in [3.05, 3.63) is 18.3 Å². The number of amides is 2. The van der Waals surface area contributed by atoms with Gasteiger partial charge < -0.3 is 20.3 Å². The van der Waals surface area contributed by atoms with E-state index in [1.807, 2.05) is 42.5 Å². The first-order chi connectivity index (χ1) is 14.7. The van der Waals surface area contributed by atoms with Gasteiger partial charge >= 0.3 is 6.09 Å². The molecule has 2 fully saturated rings. The number of likely N-dealkylation sites (tertiary alicyclic amines) is 1. The molecule has 1 aliphatic carbocycles. The molecule has 31 heavy (non-hydrogen) atoms. The van der Waals surface area contributed by atoms with Crippen molar-refractivity contribution in [1.82, 2.24) is 25.0 Å². The highest BCUT2D eigenvalue weighted by molar-refractivity contribution is 5.87. The van der Waals surface area contributed by atoms with E-state index < -0.39 is 5.60 Å². The Labute approximate surface area is 182 Å². The maximum Gasteiger partial charge on any atom is 0.407 e. The number of carbonyl (C=O) groups excluding carboxylic acids is 2. The van der Waals surface area contributed by atoms with Crippen LogP contribution in [-0.2, 0) is 9.53 Å². The van der Waals surface area contributed by atoms with Crippen molar-refractivity contribution in [2.45, 2.75) is 77.1 Å². The van der Waals surface area contributed by atoms with E-state index >= 15 is 0 Å². The SMILES string of the molecule is CC(=O)N1CCC(Nc2nn([C@H]3C[C@H](NC(=O)OC(C)(C)C)C3)c3ncccc23)CC1. The molecule has 1 saturated carbocycles. The standard InChI is InChI=1S/C22H32N6O3/c1-14(29)27-10-7-15(8-11-27)24-19-18-6-5-9-23-20(18)28(26-19)17-12-16(13-17)25-21(30)31-22(2,3)4/h5-6,9,15-17H,7-8,10-13H2,1-4H3,(H,24,26)(H,25,30)/t16-,17-. The second-order valence-electron chi connectivity index (χ2n) is 9.56. The largest absolute Gasteiger partial charge is 0.444 e. The van der Waals surface area contributed by atoms with Gasteiger partial charge in [-0.25, -0.2) is 14.5 Å². The molecule has 9 heteroatoms. The Bertz CT molecular complexity index is 952. The lowest BCUT2D eigenvalue weighted by atomic mass is 9.87. The normalized spacial score (nSPS) is 22.1. The predicted octanol–water partition coefficient (Wildman–Crippen LogP) is 3.08. The van der Waals surface area contributed by atoms with E-state index in [-0.39, 0.29) is 30.1 Å². The first-order valence-electron chi connectivity index (χ1n) is 11.0. The molecule has 0 radical (unpaired) electrons. The van der Waals surface area contributed by atoms with Gasteiger partial charge in [0.2, 0.25) is 5.91 Å². The van der Waals surface area contributed by atoms with Gasteiger partial charge in [-0.1, -0.05) is 0 Å². The molecular weight excluding hydrogens is 396 g/mol. The number of nitrogens with zero attached hydrogens (tertiary/aromatic N) is 4. The zero-order valence-corrected chi connectivity index (χ0v) is 18.7. The number of carbonyl (C=O) groups is 2. The minimum Gasteiger partial charge on any atom is -0.444 e. The lowest BCUT2D eigenvalue weighted by molar-refractivity contribution is -0.129. The Hall–Kier alpha value is -2.84. The van der Waals surface area contributed by atoms with Gasteiger partial charge in [0.1, 0.15) is 5.60 Å². The van der Waals surface area contributed by atoms with Gasteiger partial charge in [-0.2, -0.15) is 5.10 Å². The van der Waals surface area contributed by atoms with Crippen LogP contribution in [0.15, 0.2) is 18.3 Å². The summed E-state index contributed by atoms with van der Waals surface area (Å²) in [6.07, 6.45) is 4.80. The fraction of sp³-hybridized carbons (Fsp3) is 0.636. The number of anilines is 1. The van der Waals surface area contributed by atoms with E-state index in [1.165, 1.54) is 0 Å². The van der Waals surface area contributed by atoms with Crippen molar-refractivity contribution in [2.75, 3.05) is 18.4 Å². The van der Waals surface area contributed by atoms with Gasteiger partial charge in [0, 0.05) is 38.3 Å². The Morgan fingerprint density at radius 3 is 2.52 bits per heavy atom. The second kappa shape index (κ2) is 8.36. The predicted molar refractivity (Wildman–Crippen MR) is 118 cm³/mol. The van der Waals surface area contributed by atoms with E-state index in [2.05, 4.69) is 15.6 Å². The first-order valence-corrected chi connectivity index (χ1v) is 11.0. The van der Waals surface area contributed by atoms with Crippen molar-refractivity contribution < 1.29 is 14.3 Å². The molecule has 0 unspecified atom stereocenters. The summed E-state index contributed by atoms with van der Waals surface area (Å²) >= 11 is 0. The highest BCUT2D eigenvalue weighted by atomic mass is 16.6. The molecule has 2 amide bonds. The lowest BCUT2D eigenvalue weighted by Crippen LogP contribution is -2.47. The molecule has 1 saturated heterocycles. The first kappa shape index (κ1) is 21.4. The molecule has 4 rings (SSSR count). The number of nitrogens with one attached hydrogen (secondary N) is 2. The number of hydrogen-bond donors (Lipinski definition) is 2. The topological polar surface area (TPSA) is 101 Å². The third kappa shape index (κ3) is 4.91. The van der Waals surface area contributed by atoms with E-state index in [0.29, 0.717) is 0 Å². The molecule has 3 heterocycles. The summed E-state index contributed by atoms with van der Waals surface area (Å²) in [4.78, 5) is 30.0. The number of piperidine rings is 1. The van der Waals surface area contributed by atoms with Crippen molar-refractivity contribution in [3.8, 4) is 0 Å². The van der Waals surface area contributed by atoms with Crippen molar-refractivity contribution in [1.29, 1.82) is 0 Å². The summed E-state index contributed by atoms with van der Waals surface area (Å²) < 4.78 is 7.33. The Balaban J connectivity index is 1.40. The molecule has 1 aliphatic heterocycles. The highest BCUT2D eigenvalue weighted by Crippen LogP contribution is 2.36. The van der Waals surface area contributed by atoms with E-state index in [0.717, 1.165) is 55.6 Å². The van der Waals surface area contributed by atoms with E-state index in [9.17, 15) is 9.59 Å². The van der Waals surface area contributed by atoms with Gasteiger partial charge in [0.15, 0.2) is 11.5 Å².